The SMILES string of the molecule is C#CCOC1CCNC1.Cl. The molecule has 1 rings (SSSR count). The van der Waals surface area contributed by atoms with Crippen LogP contribution >= 0.6 is 12.4 Å². The summed E-state index contributed by atoms with van der Waals surface area (Å²) in [6.45, 7) is 2.48. The van der Waals surface area contributed by atoms with E-state index in [4.69, 9.17) is 11.2 Å². The van der Waals surface area contributed by atoms with Crippen molar-refractivity contribution in [2.45, 2.75) is 12.5 Å². The van der Waals surface area contributed by atoms with Gasteiger partial charge in [-0.05, 0) is 13.0 Å². The molecule has 0 aromatic rings. The van der Waals surface area contributed by atoms with Crippen LogP contribution in [0.2, 0.25) is 0 Å². The van der Waals surface area contributed by atoms with Crippen molar-refractivity contribution in [3.05, 3.63) is 0 Å². The van der Waals surface area contributed by atoms with Crippen molar-refractivity contribution in [1.29, 1.82) is 0 Å². The van der Waals surface area contributed by atoms with Gasteiger partial charge >= 0.3 is 0 Å². The Hall–Kier alpha value is -0.230. The van der Waals surface area contributed by atoms with E-state index in [1.54, 1.807) is 0 Å². The topological polar surface area (TPSA) is 21.3 Å². The minimum absolute atomic E-state index is 0. The Labute approximate surface area is 67.7 Å². The molecule has 1 atom stereocenters. The predicted molar refractivity (Wildman–Crippen MR) is 43.3 cm³/mol. The van der Waals surface area contributed by atoms with Gasteiger partial charge in [0.05, 0.1) is 6.10 Å². The maximum atomic E-state index is 5.25. The molecule has 3 heteroatoms. The number of hydrogen-bond donors (Lipinski definition) is 1. The van der Waals surface area contributed by atoms with Crippen molar-refractivity contribution < 1.29 is 4.74 Å². The monoisotopic (exact) mass is 161 g/mol. The van der Waals surface area contributed by atoms with Crippen molar-refractivity contribution in [2.24, 2.45) is 0 Å². The first-order chi connectivity index (χ1) is 4.43. The van der Waals surface area contributed by atoms with Crippen molar-refractivity contribution in [3.8, 4) is 12.3 Å². The summed E-state index contributed by atoms with van der Waals surface area (Å²) < 4.78 is 5.25. The van der Waals surface area contributed by atoms with Crippen LogP contribution in [0.15, 0.2) is 0 Å². The maximum Gasteiger partial charge on any atom is 0.107 e. The molecule has 0 amide bonds. The second-order valence-electron chi connectivity index (χ2n) is 2.13. The van der Waals surface area contributed by atoms with Crippen LogP contribution in [-0.4, -0.2) is 25.8 Å². The van der Waals surface area contributed by atoms with Crippen LogP contribution < -0.4 is 5.32 Å². The molecular formula is C7H12ClNO. The van der Waals surface area contributed by atoms with E-state index in [9.17, 15) is 0 Å². The molecule has 0 saturated carbocycles. The van der Waals surface area contributed by atoms with E-state index < -0.39 is 0 Å². The van der Waals surface area contributed by atoms with Gasteiger partial charge in [-0.3, -0.25) is 0 Å². The minimum atomic E-state index is 0. The molecule has 1 N–H and O–H groups in total. The lowest BCUT2D eigenvalue weighted by Crippen LogP contribution is -2.16. The van der Waals surface area contributed by atoms with Gasteiger partial charge < -0.3 is 10.1 Å². The molecule has 1 aliphatic rings. The zero-order valence-electron chi connectivity index (χ0n) is 5.80. The number of rotatable bonds is 2. The summed E-state index contributed by atoms with van der Waals surface area (Å²) >= 11 is 0. The fourth-order valence-corrected chi connectivity index (χ4v) is 0.936. The molecule has 0 aliphatic carbocycles. The van der Waals surface area contributed by atoms with E-state index >= 15 is 0 Å². The standard InChI is InChI=1S/C7H11NO.ClH/c1-2-5-9-7-3-4-8-6-7;/h1,7-8H,3-6H2;1H. The van der Waals surface area contributed by atoms with Crippen LogP contribution in [0.3, 0.4) is 0 Å². The summed E-state index contributed by atoms with van der Waals surface area (Å²) in [5.74, 6) is 2.44. The van der Waals surface area contributed by atoms with E-state index in [0.29, 0.717) is 12.7 Å². The smallest absolute Gasteiger partial charge is 0.107 e. The van der Waals surface area contributed by atoms with Gasteiger partial charge in [-0.15, -0.1) is 18.8 Å². The Balaban J connectivity index is 0.000000810. The highest BCUT2D eigenvalue weighted by molar-refractivity contribution is 5.85. The molecule has 1 fully saturated rings. The Bertz CT molecular complexity index is 115. The van der Waals surface area contributed by atoms with Crippen LogP contribution in [0.5, 0.6) is 0 Å². The first kappa shape index (κ1) is 9.77. The van der Waals surface area contributed by atoms with Gasteiger partial charge in [-0.1, -0.05) is 5.92 Å². The van der Waals surface area contributed by atoms with Crippen molar-refractivity contribution in [2.75, 3.05) is 19.7 Å². The molecule has 0 aromatic carbocycles. The third kappa shape index (κ3) is 3.07. The second-order valence-corrected chi connectivity index (χ2v) is 2.13. The lowest BCUT2D eigenvalue weighted by Gasteiger charge is -2.05. The van der Waals surface area contributed by atoms with E-state index in [0.717, 1.165) is 19.5 Å². The van der Waals surface area contributed by atoms with Crippen LogP contribution in [0.25, 0.3) is 0 Å². The average Bonchev–Trinajstić information content (AvgIpc) is 2.34. The van der Waals surface area contributed by atoms with E-state index in [2.05, 4.69) is 11.2 Å². The van der Waals surface area contributed by atoms with E-state index in [-0.39, 0.29) is 12.4 Å². The fourth-order valence-electron chi connectivity index (χ4n) is 0.936. The molecule has 1 aliphatic heterocycles. The van der Waals surface area contributed by atoms with E-state index in [1.165, 1.54) is 0 Å². The lowest BCUT2D eigenvalue weighted by atomic mass is 10.3. The molecule has 1 saturated heterocycles. The summed E-state index contributed by atoms with van der Waals surface area (Å²) in [6.07, 6.45) is 6.47. The molecule has 1 unspecified atom stereocenters. The fraction of sp³-hybridized carbons (Fsp3) is 0.714. The highest BCUT2D eigenvalue weighted by Crippen LogP contribution is 2.01. The summed E-state index contributed by atoms with van der Waals surface area (Å²) in [4.78, 5) is 0. The molecule has 0 bridgehead atoms. The van der Waals surface area contributed by atoms with Crippen molar-refractivity contribution in [3.63, 3.8) is 0 Å². The number of hydrogen-bond acceptors (Lipinski definition) is 2. The highest BCUT2D eigenvalue weighted by Gasteiger charge is 2.13. The number of ether oxygens (including phenoxy) is 1. The van der Waals surface area contributed by atoms with Crippen LogP contribution in [0.1, 0.15) is 6.42 Å². The van der Waals surface area contributed by atoms with Crippen molar-refractivity contribution >= 4 is 12.4 Å². The molecule has 10 heavy (non-hydrogen) atoms. The summed E-state index contributed by atoms with van der Waals surface area (Å²) in [5.41, 5.74) is 0. The number of terminal acetylenes is 1. The number of halogens is 1. The first-order valence-corrected chi connectivity index (χ1v) is 3.19. The minimum Gasteiger partial charge on any atom is -0.364 e. The molecule has 0 spiro atoms. The summed E-state index contributed by atoms with van der Waals surface area (Å²) in [6, 6.07) is 0. The Morgan fingerprint density at radius 3 is 3.00 bits per heavy atom. The normalized spacial score (nSPS) is 23.3. The van der Waals surface area contributed by atoms with Crippen LogP contribution in [0, 0.1) is 12.3 Å². The quantitative estimate of drug-likeness (QED) is 0.593. The molecule has 0 radical (unpaired) electrons. The maximum absolute atomic E-state index is 5.25. The van der Waals surface area contributed by atoms with Gasteiger partial charge in [-0.25, -0.2) is 0 Å². The van der Waals surface area contributed by atoms with Gasteiger partial charge in [0.25, 0.3) is 0 Å². The Morgan fingerprint density at radius 1 is 1.70 bits per heavy atom. The first-order valence-electron chi connectivity index (χ1n) is 3.19. The average molecular weight is 162 g/mol. The predicted octanol–water partition coefficient (Wildman–Crippen LogP) is 0.420. The van der Waals surface area contributed by atoms with Gasteiger partial charge in [0.1, 0.15) is 6.61 Å². The van der Waals surface area contributed by atoms with Gasteiger partial charge in [-0.2, -0.15) is 0 Å². The van der Waals surface area contributed by atoms with Gasteiger partial charge in [0.15, 0.2) is 0 Å². The van der Waals surface area contributed by atoms with Crippen molar-refractivity contribution in [1.82, 2.24) is 5.32 Å². The largest absolute Gasteiger partial charge is 0.364 e. The molecular weight excluding hydrogens is 150 g/mol. The molecule has 1 heterocycles. The van der Waals surface area contributed by atoms with Gasteiger partial charge in [0, 0.05) is 6.54 Å². The lowest BCUT2D eigenvalue weighted by molar-refractivity contribution is 0.0934. The number of nitrogens with one attached hydrogen (secondary N) is 1. The zero-order chi connectivity index (χ0) is 6.53. The third-order valence-electron chi connectivity index (χ3n) is 1.42. The summed E-state index contributed by atoms with van der Waals surface area (Å²) in [7, 11) is 0. The Morgan fingerprint density at radius 2 is 2.50 bits per heavy atom. The van der Waals surface area contributed by atoms with Gasteiger partial charge in [0.2, 0.25) is 0 Å². The molecule has 2 nitrogen and oxygen atoms in total. The highest BCUT2D eigenvalue weighted by atomic mass is 35.5. The Kier molecular flexibility index (Phi) is 5.42. The summed E-state index contributed by atoms with van der Waals surface area (Å²) in [5, 5.41) is 3.19. The van der Waals surface area contributed by atoms with Crippen LogP contribution in [0.4, 0.5) is 0 Å². The molecule has 0 aromatic heterocycles. The van der Waals surface area contributed by atoms with E-state index in [1.807, 2.05) is 0 Å². The second kappa shape index (κ2) is 5.55. The molecule has 58 valence electrons. The van der Waals surface area contributed by atoms with Crippen LogP contribution in [-0.2, 0) is 4.74 Å². The zero-order valence-corrected chi connectivity index (χ0v) is 6.62. The third-order valence-corrected chi connectivity index (χ3v) is 1.42.